The van der Waals surface area contributed by atoms with Gasteiger partial charge in [0.2, 0.25) is 0 Å². The van der Waals surface area contributed by atoms with Gasteiger partial charge in [-0.1, -0.05) is 0 Å². The third-order valence-corrected chi connectivity index (χ3v) is 2.41. The molecule has 9 heteroatoms. The van der Waals surface area contributed by atoms with Gasteiger partial charge < -0.3 is 28.0 Å². The maximum atomic E-state index is 10.2. The Balaban J connectivity index is -0.000000218. The fourth-order valence-electron chi connectivity index (χ4n) is 0.766. The van der Waals surface area contributed by atoms with Crippen molar-refractivity contribution in [3.05, 3.63) is 0 Å². The van der Waals surface area contributed by atoms with Crippen molar-refractivity contribution >= 4 is 15.2 Å². The molecule has 0 amide bonds. The summed E-state index contributed by atoms with van der Waals surface area (Å²) in [5.74, 6) is 0. The van der Waals surface area contributed by atoms with E-state index in [1.807, 2.05) is 0 Å². The van der Waals surface area contributed by atoms with Crippen LogP contribution in [0.15, 0.2) is 0 Å². The quantitative estimate of drug-likeness (QED) is 0.717. The SMILES string of the molecule is CC(C)OP(C)(=O)[O-].CC(C)OP(C)(=O)[O-].[Co+2]. The van der Waals surface area contributed by atoms with E-state index in [1.54, 1.807) is 27.7 Å². The van der Waals surface area contributed by atoms with Gasteiger partial charge in [-0.15, -0.1) is 0 Å². The van der Waals surface area contributed by atoms with Crippen LogP contribution >= 0.6 is 15.2 Å². The molecule has 1 radical (unpaired) electrons. The van der Waals surface area contributed by atoms with E-state index in [0.717, 1.165) is 13.3 Å². The van der Waals surface area contributed by atoms with E-state index >= 15 is 0 Å². The van der Waals surface area contributed by atoms with Crippen LogP contribution in [0.1, 0.15) is 27.7 Å². The fourth-order valence-corrected chi connectivity index (χ4v) is 2.30. The molecule has 0 fully saturated rings. The maximum Gasteiger partial charge on any atom is 2.00 e. The van der Waals surface area contributed by atoms with Gasteiger partial charge in [0.25, 0.3) is 0 Å². The van der Waals surface area contributed by atoms with Crippen molar-refractivity contribution in [1.29, 1.82) is 0 Å². The maximum absolute atomic E-state index is 10.2. The third-order valence-electron chi connectivity index (χ3n) is 0.805. The van der Waals surface area contributed by atoms with Gasteiger partial charge in [0.15, 0.2) is 0 Å². The van der Waals surface area contributed by atoms with Crippen LogP contribution in [0, 0.1) is 0 Å². The first-order valence-corrected chi connectivity index (χ1v) is 8.75. The molecule has 2 atom stereocenters. The van der Waals surface area contributed by atoms with Crippen LogP contribution in [0.2, 0.25) is 0 Å². The summed E-state index contributed by atoms with van der Waals surface area (Å²) in [4.78, 5) is 20.5. The molecule has 0 saturated heterocycles. The van der Waals surface area contributed by atoms with E-state index in [0.29, 0.717) is 0 Å². The second-order valence-electron chi connectivity index (χ2n) is 3.85. The topological polar surface area (TPSA) is 98.7 Å². The van der Waals surface area contributed by atoms with Crippen LogP contribution in [0.3, 0.4) is 0 Å². The van der Waals surface area contributed by atoms with E-state index in [-0.39, 0.29) is 29.0 Å². The van der Waals surface area contributed by atoms with Crippen molar-refractivity contribution in [3.63, 3.8) is 0 Å². The average molecular weight is 333 g/mol. The van der Waals surface area contributed by atoms with Crippen LogP contribution < -0.4 is 9.79 Å². The second kappa shape index (κ2) is 9.70. The normalized spacial score (nSPS) is 17.5. The zero-order valence-corrected chi connectivity index (χ0v) is 13.7. The summed E-state index contributed by atoms with van der Waals surface area (Å²) in [6.45, 7) is 8.82. The van der Waals surface area contributed by atoms with Gasteiger partial charge in [-0.2, -0.15) is 0 Å². The Morgan fingerprint density at radius 3 is 1.00 bits per heavy atom. The third kappa shape index (κ3) is 31.6. The van der Waals surface area contributed by atoms with Crippen molar-refractivity contribution in [3.8, 4) is 0 Å². The first-order chi connectivity index (χ1) is 6.83. The molecule has 2 unspecified atom stereocenters. The minimum atomic E-state index is -3.47. The van der Waals surface area contributed by atoms with Gasteiger partial charge >= 0.3 is 16.8 Å². The molecule has 0 aliphatic rings. The molecule has 0 aliphatic carbocycles. The summed E-state index contributed by atoms with van der Waals surface area (Å²) in [7, 11) is -6.94. The zero-order valence-electron chi connectivity index (χ0n) is 10.8. The minimum absolute atomic E-state index is 0. The van der Waals surface area contributed by atoms with Gasteiger partial charge in [-0.3, -0.25) is 0 Å². The summed E-state index contributed by atoms with van der Waals surface area (Å²) in [5, 5.41) is 0. The van der Waals surface area contributed by atoms with E-state index in [9.17, 15) is 18.9 Å². The Bertz CT molecular complexity index is 241. The van der Waals surface area contributed by atoms with Crippen molar-refractivity contribution in [2.45, 2.75) is 39.9 Å². The number of hydrogen-bond acceptors (Lipinski definition) is 6. The van der Waals surface area contributed by atoms with Crippen molar-refractivity contribution in [1.82, 2.24) is 0 Å². The van der Waals surface area contributed by atoms with Crippen LogP contribution in [0.4, 0.5) is 0 Å². The van der Waals surface area contributed by atoms with Crippen LogP contribution in [-0.4, -0.2) is 25.5 Å². The van der Waals surface area contributed by atoms with E-state index < -0.39 is 15.2 Å². The molecular weight excluding hydrogens is 313 g/mol. The Labute approximate surface area is 113 Å². The van der Waals surface area contributed by atoms with Crippen LogP contribution in [0.5, 0.6) is 0 Å². The van der Waals surface area contributed by atoms with Crippen molar-refractivity contribution in [2.24, 2.45) is 0 Å². The molecule has 0 spiro atoms. The molecule has 6 nitrogen and oxygen atoms in total. The zero-order chi connectivity index (χ0) is 13.6. The molecule has 0 aromatic rings. The summed E-state index contributed by atoms with van der Waals surface area (Å²) in [6, 6.07) is 0. The van der Waals surface area contributed by atoms with Crippen LogP contribution in [0.25, 0.3) is 0 Å². The Kier molecular flexibility index (Phi) is 13.1. The minimum Gasteiger partial charge on any atom is -0.779 e. The van der Waals surface area contributed by atoms with Crippen LogP contribution in [-0.2, 0) is 35.0 Å². The molecule has 0 aliphatic heterocycles. The van der Waals surface area contributed by atoms with E-state index in [4.69, 9.17) is 0 Å². The molecule has 0 saturated carbocycles. The first-order valence-electron chi connectivity index (χ1n) is 4.77. The molecule has 0 N–H and O–H groups in total. The Hall–Kier alpha value is 0.806. The second-order valence-corrected chi connectivity index (χ2v) is 7.36. The molecule has 107 valence electrons. The molecule has 0 aromatic heterocycles. The largest absolute Gasteiger partial charge is 2.00 e. The van der Waals surface area contributed by atoms with Gasteiger partial charge in [-0.25, -0.2) is 0 Å². The summed E-state index contributed by atoms with van der Waals surface area (Å²) >= 11 is 0. The van der Waals surface area contributed by atoms with Gasteiger partial charge in [0.05, 0.1) is 12.2 Å². The Morgan fingerprint density at radius 1 is 0.824 bits per heavy atom. The smallest absolute Gasteiger partial charge is 0.779 e. The standard InChI is InChI=1S/2C4H11O3P.Co/c2*1-4(2)7-8(3,5)6;/h2*4H,1-3H3,(H,5,6);/q;;+2/p-2. The average Bonchev–Trinajstić information content (AvgIpc) is 1.72. The van der Waals surface area contributed by atoms with Gasteiger partial charge in [-0.05, 0) is 27.7 Å². The number of rotatable bonds is 4. The fraction of sp³-hybridized carbons (Fsp3) is 1.00. The molecule has 0 rings (SSSR count). The summed E-state index contributed by atoms with van der Waals surface area (Å²) < 4.78 is 29.4. The summed E-state index contributed by atoms with van der Waals surface area (Å²) in [6.07, 6.45) is -0.466. The van der Waals surface area contributed by atoms with Gasteiger partial charge in [0, 0.05) is 13.3 Å². The molecule has 0 bridgehead atoms. The molecular formula is C8H20CoO6P2. The molecule has 0 aromatic carbocycles. The van der Waals surface area contributed by atoms with E-state index in [2.05, 4.69) is 9.05 Å². The molecule has 0 heterocycles. The van der Waals surface area contributed by atoms with Gasteiger partial charge in [0.1, 0.15) is 15.2 Å². The summed E-state index contributed by atoms with van der Waals surface area (Å²) in [5.41, 5.74) is 0. The predicted octanol–water partition coefficient (Wildman–Crippen LogP) is 1.19. The molecule has 17 heavy (non-hydrogen) atoms. The first kappa shape index (κ1) is 22.9. The Morgan fingerprint density at radius 2 is 1.00 bits per heavy atom. The van der Waals surface area contributed by atoms with E-state index in [1.165, 1.54) is 0 Å². The number of hydrogen-bond donors (Lipinski definition) is 0. The van der Waals surface area contributed by atoms with Crippen molar-refractivity contribution in [2.75, 3.05) is 13.3 Å². The monoisotopic (exact) mass is 333 g/mol. The van der Waals surface area contributed by atoms with Crippen molar-refractivity contribution < 1.29 is 44.7 Å². The predicted molar refractivity (Wildman–Crippen MR) is 59.5 cm³/mol.